The fourth-order valence-corrected chi connectivity index (χ4v) is 2.71. The lowest BCUT2D eigenvalue weighted by atomic mass is 9.75. The van der Waals surface area contributed by atoms with Crippen molar-refractivity contribution in [3.63, 3.8) is 0 Å². The van der Waals surface area contributed by atoms with Crippen LogP contribution in [0.1, 0.15) is 23.1 Å². The summed E-state index contributed by atoms with van der Waals surface area (Å²) in [4.78, 5) is 35.2. The van der Waals surface area contributed by atoms with Gasteiger partial charge in [-0.05, 0) is 18.1 Å². The molecule has 5 heteroatoms. The molecule has 0 aromatic heterocycles. The number of rotatable bonds is 0. The fraction of sp³-hybridized carbons (Fsp3) is 0.308. The number of benzene rings is 1. The summed E-state index contributed by atoms with van der Waals surface area (Å²) in [6.45, 7) is 1.92. The molecule has 1 heterocycles. The molecule has 92 valence electrons. The van der Waals surface area contributed by atoms with Gasteiger partial charge in [-0.15, -0.1) is 0 Å². The number of nitrogens with one attached hydrogen (secondary N) is 2. The van der Waals surface area contributed by atoms with Gasteiger partial charge in [-0.3, -0.25) is 14.9 Å². The molecule has 2 N–H and O–H groups in total. The van der Waals surface area contributed by atoms with Crippen molar-refractivity contribution in [2.45, 2.75) is 25.3 Å². The Morgan fingerprint density at radius 3 is 2.67 bits per heavy atom. The van der Waals surface area contributed by atoms with Crippen molar-refractivity contribution >= 4 is 17.7 Å². The molecular weight excluding hydrogens is 232 g/mol. The number of carbonyl (C=O) groups excluding carboxylic acids is 3. The first-order valence-electron chi connectivity index (χ1n) is 5.76. The molecule has 1 spiro atoms. The zero-order valence-corrected chi connectivity index (χ0v) is 9.87. The Balaban J connectivity index is 2.23. The summed E-state index contributed by atoms with van der Waals surface area (Å²) in [5.41, 5.74) is 1.35. The molecule has 1 aliphatic carbocycles. The van der Waals surface area contributed by atoms with E-state index in [1.807, 2.05) is 25.1 Å². The largest absolute Gasteiger partial charge is 0.322 e. The summed E-state index contributed by atoms with van der Waals surface area (Å²) in [7, 11) is 0. The average Bonchev–Trinajstić information content (AvgIpc) is 2.55. The highest BCUT2D eigenvalue weighted by molar-refractivity contribution is 6.10. The van der Waals surface area contributed by atoms with Crippen molar-refractivity contribution < 1.29 is 14.4 Å². The fourth-order valence-electron chi connectivity index (χ4n) is 2.71. The maximum atomic E-state index is 12.0. The van der Waals surface area contributed by atoms with E-state index < -0.39 is 17.5 Å². The predicted molar refractivity (Wildman–Crippen MR) is 62.9 cm³/mol. The van der Waals surface area contributed by atoms with Crippen LogP contribution in [0.2, 0.25) is 0 Å². The van der Waals surface area contributed by atoms with E-state index in [1.54, 1.807) is 0 Å². The van der Waals surface area contributed by atoms with Crippen molar-refractivity contribution in [3.8, 4) is 0 Å². The SMILES string of the molecule is Cc1ccc2c(c1)C1(CC(=O)C2)NC(=O)NC1=O. The number of Topliss-reactive ketones (excluding diaryl/α,β-unsaturated/α-hetero) is 1. The summed E-state index contributed by atoms with van der Waals surface area (Å²) in [5.74, 6) is -0.476. The molecule has 0 saturated carbocycles. The van der Waals surface area contributed by atoms with Gasteiger partial charge >= 0.3 is 6.03 Å². The summed E-state index contributed by atoms with van der Waals surface area (Å²) in [6.07, 6.45) is 0.349. The molecule has 1 fully saturated rings. The zero-order chi connectivity index (χ0) is 12.9. The minimum absolute atomic E-state index is 0.0288. The molecule has 1 aromatic carbocycles. The molecular formula is C13H12N2O3. The third kappa shape index (κ3) is 1.37. The van der Waals surface area contributed by atoms with Crippen molar-refractivity contribution in [2.24, 2.45) is 0 Å². The monoisotopic (exact) mass is 244 g/mol. The smallest absolute Gasteiger partial charge is 0.319 e. The van der Waals surface area contributed by atoms with Gasteiger partial charge in [0.05, 0.1) is 0 Å². The van der Waals surface area contributed by atoms with Gasteiger partial charge in [-0.2, -0.15) is 0 Å². The van der Waals surface area contributed by atoms with Gasteiger partial charge < -0.3 is 5.32 Å². The van der Waals surface area contributed by atoms with Gasteiger partial charge in [0, 0.05) is 12.8 Å². The number of hydrogen-bond donors (Lipinski definition) is 2. The van der Waals surface area contributed by atoms with Crippen molar-refractivity contribution in [3.05, 3.63) is 34.9 Å². The standard InChI is InChI=1S/C13H12N2O3/c1-7-2-3-8-5-9(16)6-13(10(8)4-7)11(17)14-12(18)15-13/h2-4H,5-6H2,1H3,(H2,14,15,17,18). The van der Waals surface area contributed by atoms with Crippen molar-refractivity contribution in [1.82, 2.24) is 10.6 Å². The van der Waals surface area contributed by atoms with E-state index in [-0.39, 0.29) is 12.2 Å². The Kier molecular flexibility index (Phi) is 2.08. The maximum absolute atomic E-state index is 12.0. The Labute approximate surface area is 104 Å². The van der Waals surface area contributed by atoms with Gasteiger partial charge in [0.2, 0.25) is 0 Å². The van der Waals surface area contributed by atoms with Crippen molar-refractivity contribution in [1.29, 1.82) is 0 Å². The molecule has 3 rings (SSSR count). The summed E-state index contributed by atoms with van der Waals surface area (Å²) in [5, 5.41) is 4.83. The number of hydrogen-bond acceptors (Lipinski definition) is 3. The quantitative estimate of drug-likeness (QED) is 0.654. The highest BCUT2D eigenvalue weighted by Gasteiger charge is 2.51. The van der Waals surface area contributed by atoms with Crippen LogP contribution in [0.15, 0.2) is 18.2 Å². The zero-order valence-electron chi connectivity index (χ0n) is 9.87. The minimum atomic E-state index is -1.20. The highest BCUT2D eigenvalue weighted by Crippen LogP contribution is 2.36. The van der Waals surface area contributed by atoms with E-state index in [0.717, 1.165) is 16.7 Å². The van der Waals surface area contributed by atoms with Crippen LogP contribution in [0.25, 0.3) is 0 Å². The first-order valence-corrected chi connectivity index (χ1v) is 5.76. The number of fused-ring (bicyclic) bond motifs is 2. The molecule has 1 aliphatic heterocycles. The molecule has 18 heavy (non-hydrogen) atoms. The molecule has 2 aliphatic rings. The third-order valence-corrected chi connectivity index (χ3v) is 3.52. The third-order valence-electron chi connectivity index (χ3n) is 3.52. The number of amides is 3. The van der Waals surface area contributed by atoms with E-state index in [9.17, 15) is 14.4 Å². The van der Waals surface area contributed by atoms with E-state index in [4.69, 9.17) is 0 Å². The topological polar surface area (TPSA) is 75.3 Å². The maximum Gasteiger partial charge on any atom is 0.322 e. The van der Waals surface area contributed by atoms with Gasteiger partial charge in [-0.25, -0.2) is 4.79 Å². The van der Waals surface area contributed by atoms with Crippen LogP contribution in [-0.2, 0) is 21.5 Å². The summed E-state index contributed by atoms with van der Waals surface area (Å²) in [6, 6.07) is 5.08. The van der Waals surface area contributed by atoms with Crippen LogP contribution < -0.4 is 10.6 Å². The van der Waals surface area contributed by atoms with Crippen LogP contribution >= 0.6 is 0 Å². The van der Waals surface area contributed by atoms with E-state index in [1.165, 1.54) is 0 Å². The molecule has 1 saturated heterocycles. The molecule has 1 aromatic rings. The second kappa shape index (κ2) is 3.41. The number of imide groups is 1. The van der Waals surface area contributed by atoms with E-state index >= 15 is 0 Å². The number of ketones is 1. The Morgan fingerprint density at radius 1 is 1.22 bits per heavy atom. The van der Waals surface area contributed by atoms with E-state index in [2.05, 4.69) is 10.6 Å². The highest BCUT2D eigenvalue weighted by atomic mass is 16.2. The minimum Gasteiger partial charge on any atom is -0.319 e. The van der Waals surface area contributed by atoms with E-state index in [0.29, 0.717) is 6.42 Å². The lowest BCUT2D eigenvalue weighted by Gasteiger charge is -2.32. The van der Waals surface area contributed by atoms with Crippen molar-refractivity contribution in [2.75, 3.05) is 0 Å². The van der Waals surface area contributed by atoms with Gasteiger partial charge in [-0.1, -0.05) is 23.8 Å². The average molecular weight is 244 g/mol. The normalized spacial score (nSPS) is 25.9. The Morgan fingerprint density at radius 2 is 2.00 bits per heavy atom. The first-order chi connectivity index (χ1) is 8.51. The second-order valence-corrected chi connectivity index (χ2v) is 4.87. The van der Waals surface area contributed by atoms with Gasteiger partial charge in [0.25, 0.3) is 5.91 Å². The molecule has 1 unspecified atom stereocenters. The molecule has 3 amide bonds. The number of urea groups is 1. The number of aryl methyl sites for hydroxylation is 1. The molecule has 0 bridgehead atoms. The predicted octanol–water partition coefficient (Wildman–Crippen LogP) is 0.545. The van der Waals surface area contributed by atoms with Crippen LogP contribution in [0.4, 0.5) is 4.79 Å². The summed E-state index contributed by atoms with van der Waals surface area (Å²) >= 11 is 0. The molecule has 0 radical (unpaired) electrons. The first kappa shape index (κ1) is 11.0. The van der Waals surface area contributed by atoms with Crippen LogP contribution in [0, 0.1) is 6.92 Å². The van der Waals surface area contributed by atoms with Gasteiger partial charge in [0.1, 0.15) is 5.78 Å². The lowest BCUT2D eigenvalue weighted by molar-refractivity contribution is -0.130. The Bertz CT molecular complexity index is 594. The molecule has 1 atom stereocenters. The van der Waals surface area contributed by atoms with Crippen LogP contribution in [-0.4, -0.2) is 17.7 Å². The van der Waals surface area contributed by atoms with Crippen LogP contribution in [0.5, 0.6) is 0 Å². The number of carbonyl (C=O) groups is 3. The summed E-state index contributed by atoms with van der Waals surface area (Å²) < 4.78 is 0. The second-order valence-electron chi connectivity index (χ2n) is 4.87. The van der Waals surface area contributed by atoms with Crippen LogP contribution in [0.3, 0.4) is 0 Å². The molecule has 5 nitrogen and oxygen atoms in total. The van der Waals surface area contributed by atoms with Gasteiger partial charge in [0.15, 0.2) is 5.54 Å². The lowest BCUT2D eigenvalue weighted by Crippen LogP contribution is -2.48. The Hall–Kier alpha value is -2.17.